The summed E-state index contributed by atoms with van der Waals surface area (Å²) in [7, 11) is 0. The van der Waals surface area contributed by atoms with Crippen molar-refractivity contribution in [2.24, 2.45) is 0 Å². The summed E-state index contributed by atoms with van der Waals surface area (Å²) in [6.45, 7) is 9.72. The molecule has 216 valence electrons. The molecule has 46 heavy (non-hydrogen) atoms. The normalized spacial score (nSPS) is 15.7. The van der Waals surface area contributed by atoms with E-state index in [9.17, 15) is 0 Å². The number of hydrogen-bond acceptors (Lipinski definition) is 0. The lowest BCUT2D eigenvalue weighted by atomic mass is 9.77. The van der Waals surface area contributed by atoms with Crippen LogP contribution < -0.4 is 0 Å². The van der Waals surface area contributed by atoms with Gasteiger partial charge in [-0.05, 0) is 133 Å². The molecule has 0 amide bonds. The van der Waals surface area contributed by atoms with Crippen LogP contribution in [0.5, 0.6) is 0 Å². The van der Waals surface area contributed by atoms with Gasteiger partial charge in [0.1, 0.15) is 0 Å². The molecule has 0 N–H and O–H groups in total. The molecular formula is C46H32. The molecule has 0 fully saturated rings. The van der Waals surface area contributed by atoms with E-state index in [-0.39, 0.29) is 10.8 Å². The molecule has 0 aromatic heterocycles. The number of hydrogen-bond donors (Lipinski definition) is 0. The van der Waals surface area contributed by atoms with Gasteiger partial charge >= 0.3 is 0 Å². The zero-order valence-corrected chi connectivity index (χ0v) is 26.5. The first kappa shape index (κ1) is 25.0. The monoisotopic (exact) mass is 584 g/mol. The summed E-state index contributed by atoms with van der Waals surface area (Å²) in [5.74, 6) is 0. The van der Waals surface area contributed by atoms with Crippen LogP contribution in [0, 0.1) is 0 Å². The maximum Gasteiger partial charge on any atom is 0.0159 e. The molecule has 2 aliphatic carbocycles. The van der Waals surface area contributed by atoms with Crippen LogP contribution in [0.1, 0.15) is 49.9 Å². The third kappa shape index (κ3) is 2.84. The Balaban J connectivity index is 1.25. The molecule has 11 rings (SSSR count). The first-order chi connectivity index (χ1) is 22.3. The Kier molecular flexibility index (Phi) is 4.33. The quantitative estimate of drug-likeness (QED) is 0.123. The first-order valence-electron chi connectivity index (χ1n) is 16.6. The van der Waals surface area contributed by atoms with E-state index in [1.807, 2.05) is 0 Å². The topological polar surface area (TPSA) is 0 Å². The van der Waals surface area contributed by atoms with Gasteiger partial charge in [-0.3, -0.25) is 0 Å². The van der Waals surface area contributed by atoms with Gasteiger partial charge < -0.3 is 0 Å². The molecule has 0 nitrogen and oxygen atoms in total. The van der Waals surface area contributed by atoms with Gasteiger partial charge in [0.05, 0.1) is 0 Å². The second kappa shape index (κ2) is 7.95. The second-order valence-electron chi connectivity index (χ2n) is 14.9. The van der Waals surface area contributed by atoms with Crippen molar-refractivity contribution in [2.45, 2.75) is 38.5 Å². The lowest BCUT2D eigenvalue weighted by molar-refractivity contribution is 0.640. The van der Waals surface area contributed by atoms with E-state index in [0.717, 1.165) is 0 Å². The van der Waals surface area contributed by atoms with Crippen LogP contribution in [-0.2, 0) is 10.8 Å². The fourth-order valence-electron chi connectivity index (χ4n) is 9.57. The predicted octanol–water partition coefficient (Wildman–Crippen LogP) is 12.7. The van der Waals surface area contributed by atoms with Crippen LogP contribution in [0.4, 0.5) is 0 Å². The van der Waals surface area contributed by atoms with Crippen LogP contribution in [-0.4, -0.2) is 0 Å². The molecule has 0 atom stereocenters. The number of fused-ring (bicyclic) bond motifs is 12. The van der Waals surface area contributed by atoms with Crippen LogP contribution in [0.2, 0.25) is 0 Å². The molecule has 0 saturated heterocycles. The van der Waals surface area contributed by atoms with Crippen LogP contribution in [0.3, 0.4) is 0 Å². The van der Waals surface area contributed by atoms with Crippen LogP contribution in [0.15, 0.2) is 121 Å². The molecule has 0 unspecified atom stereocenters. The molecule has 9 aromatic carbocycles. The Morgan fingerprint density at radius 1 is 0.326 bits per heavy atom. The fourth-order valence-corrected chi connectivity index (χ4v) is 9.57. The summed E-state index contributed by atoms with van der Waals surface area (Å²) in [4.78, 5) is 0. The largest absolute Gasteiger partial charge is 0.0616 e. The van der Waals surface area contributed by atoms with Crippen molar-refractivity contribution in [3.8, 4) is 22.3 Å². The molecule has 9 aromatic rings. The van der Waals surface area contributed by atoms with Crippen molar-refractivity contribution >= 4 is 64.6 Å². The minimum Gasteiger partial charge on any atom is -0.0616 e. The van der Waals surface area contributed by atoms with Crippen molar-refractivity contribution in [3.63, 3.8) is 0 Å². The first-order valence-corrected chi connectivity index (χ1v) is 16.6. The van der Waals surface area contributed by atoms with Gasteiger partial charge in [0.2, 0.25) is 0 Å². The molecule has 0 aliphatic heterocycles. The third-order valence-electron chi connectivity index (χ3n) is 11.9. The van der Waals surface area contributed by atoms with Crippen molar-refractivity contribution < 1.29 is 0 Å². The standard InChI is InChI=1S/C46H32/c1-45(2)37-19-18-31-32(16-15-29-20-27-8-5-6-9-28(27)21-34(29)31)43(37)35-23-36-39(24-38(35)45)46(3,4)40-22-30-13-12-25-10-7-11-26-14-17-33(44(36)40)42(30)41(25)26/h5-24H,1-4H3. The van der Waals surface area contributed by atoms with Crippen LogP contribution in [0.25, 0.3) is 86.9 Å². The lowest BCUT2D eigenvalue weighted by Gasteiger charge is -2.26. The highest BCUT2D eigenvalue weighted by molar-refractivity contribution is 6.27. The molecule has 0 heteroatoms. The van der Waals surface area contributed by atoms with Gasteiger partial charge in [0, 0.05) is 10.8 Å². The average Bonchev–Trinajstić information content (AvgIpc) is 3.44. The Hall–Kier alpha value is -5.20. The molecular weight excluding hydrogens is 553 g/mol. The molecule has 0 heterocycles. The van der Waals surface area contributed by atoms with Crippen molar-refractivity contribution in [1.82, 2.24) is 0 Å². The number of rotatable bonds is 0. The van der Waals surface area contributed by atoms with Gasteiger partial charge in [-0.2, -0.15) is 0 Å². The Labute approximate surface area is 268 Å². The zero-order valence-electron chi connectivity index (χ0n) is 26.5. The zero-order chi connectivity index (χ0) is 30.7. The predicted molar refractivity (Wildman–Crippen MR) is 198 cm³/mol. The minimum atomic E-state index is -0.0890. The van der Waals surface area contributed by atoms with E-state index >= 15 is 0 Å². The van der Waals surface area contributed by atoms with E-state index < -0.39 is 0 Å². The summed E-state index contributed by atoms with van der Waals surface area (Å²) < 4.78 is 0. The van der Waals surface area contributed by atoms with Gasteiger partial charge in [-0.1, -0.05) is 125 Å². The summed E-state index contributed by atoms with van der Waals surface area (Å²) in [6, 6.07) is 46.7. The van der Waals surface area contributed by atoms with E-state index in [1.165, 1.54) is 109 Å². The molecule has 0 radical (unpaired) electrons. The van der Waals surface area contributed by atoms with E-state index in [0.29, 0.717) is 0 Å². The van der Waals surface area contributed by atoms with Crippen molar-refractivity contribution in [2.75, 3.05) is 0 Å². The Morgan fingerprint density at radius 3 is 1.70 bits per heavy atom. The van der Waals surface area contributed by atoms with Crippen molar-refractivity contribution in [3.05, 3.63) is 144 Å². The highest BCUT2D eigenvalue weighted by Crippen LogP contribution is 2.59. The maximum absolute atomic E-state index is 2.58. The van der Waals surface area contributed by atoms with E-state index in [2.05, 4.69) is 149 Å². The van der Waals surface area contributed by atoms with E-state index in [1.54, 1.807) is 0 Å². The highest BCUT2D eigenvalue weighted by atomic mass is 14.5. The molecule has 0 saturated carbocycles. The van der Waals surface area contributed by atoms with Crippen molar-refractivity contribution in [1.29, 1.82) is 0 Å². The Bertz CT molecular complexity index is 2830. The molecule has 0 spiro atoms. The summed E-state index contributed by atoms with van der Waals surface area (Å²) in [6.07, 6.45) is 0. The molecule has 0 bridgehead atoms. The third-order valence-corrected chi connectivity index (χ3v) is 11.9. The number of benzene rings is 9. The smallest absolute Gasteiger partial charge is 0.0159 e. The maximum atomic E-state index is 2.58. The van der Waals surface area contributed by atoms with Gasteiger partial charge in [0.25, 0.3) is 0 Å². The van der Waals surface area contributed by atoms with Gasteiger partial charge in [0.15, 0.2) is 0 Å². The Morgan fingerprint density at radius 2 is 0.913 bits per heavy atom. The van der Waals surface area contributed by atoms with E-state index in [4.69, 9.17) is 0 Å². The summed E-state index contributed by atoms with van der Waals surface area (Å²) >= 11 is 0. The van der Waals surface area contributed by atoms with Gasteiger partial charge in [-0.15, -0.1) is 0 Å². The molecule has 2 aliphatic rings. The fraction of sp³-hybridized carbons (Fsp3) is 0.130. The SMILES string of the molecule is CC1(C)c2cc3c(cc2-c2c1ccc1c2ccc2cc4ccccc4cc21)-c1c(cc2ccc4cccc5ccc1c2c45)C3(C)C. The minimum absolute atomic E-state index is 0.0823. The van der Waals surface area contributed by atoms with Gasteiger partial charge in [-0.25, -0.2) is 0 Å². The van der Waals surface area contributed by atoms with Crippen LogP contribution >= 0.6 is 0 Å². The second-order valence-corrected chi connectivity index (χ2v) is 14.9. The lowest BCUT2D eigenvalue weighted by Crippen LogP contribution is -2.18. The highest BCUT2D eigenvalue weighted by Gasteiger charge is 2.43. The summed E-state index contributed by atoms with van der Waals surface area (Å²) in [5.41, 5.74) is 11.3. The summed E-state index contributed by atoms with van der Waals surface area (Å²) in [5, 5.41) is 16.1. The average molecular weight is 585 g/mol.